The first-order valence-electron chi connectivity index (χ1n) is 14.5. The Hall–Kier alpha value is -5.38. The fourth-order valence-electron chi connectivity index (χ4n) is 4.58. The van der Waals surface area contributed by atoms with Crippen molar-refractivity contribution in [2.24, 2.45) is 0 Å². The minimum Gasteiger partial charge on any atom is -0.431 e. The van der Waals surface area contributed by atoms with E-state index in [-0.39, 0.29) is 28.4 Å². The fraction of sp³-hybridized carbons (Fsp3) is 0.171. The summed E-state index contributed by atoms with van der Waals surface area (Å²) in [4.78, 5) is 38.7. The zero-order valence-electron chi connectivity index (χ0n) is 26.6. The number of amides is 2. The minimum absolute atomic E-state index is 0.0551. The molecule has 0 aliphatic carbocycles. The Kier molecular flexibility index (Phi) is 12.6. The molecule has 4 aromatic carbocycles. The molecule has 4 rings (SSSR count). The van der Waals surface area contributed by atoms with Crippen LogP contribution in [0.3, 0.4) is 0 Å². The van der Waals surface area contributed by atoms with Crippen LogP contribution >= 0.6 is 27.5 Å². The number of carbonyl (C=O) groups excluding carboxylic acids is 3. The van der Waals surface area contributed by atoms with Crippen LogP contribution in [-0.2, 0) is 10.3 Å². The second-order valence-electron chi connectivity index (χ2n) is 10.2. The first-order chi connectivity index (χ1) is 23.9. The number of alkyl halides is 6. The second kappa shape index (κ2) is 16.1. The van der Waals surface area contributed by atoms with Crippen LogP contribution in [0.5, 0.6) is 0 Å². The van der Waals surface area contributed by atoms with Crippen molar-refractivity contribution in [3.63, 3.8) is 0 Å². The Morgan fingerprint density at radius 3 is 1.94 bits per heavy atom. The molecular formula is C35H24BrClF6N4O4. The molecular weight excluding hydrogens is 770 g/mol. The molecule has 51 heavy (non-hydrogen) atoms. The molecule has 0 saturated carbocycles. The first kappa shape index (κ1) is 40.1. The predicted molar refractivity (Wildman–Crippen MR) is 179 cm³/mol. The summed E-state index contributed by atoms with van der Waals surface area (Å²) in [5.41, 5.74) is -7.27. The molecule has 0 radical (unpaired) electrons. The fourth-order valence-corrected chi connectivity index (χ4v) is 5.52. The van der Waals surface area contributed by atoms with Crippen molar-refractivity contribution in [1.82, 2.24) is 0 Å². The molecule has 8 nitrogen and oxygen atoms in total. The van der Waals surface area contributed by atoms with Crippen LogP contribution < -0.4 is 10.6 Å². The van der Waals surface area contributed by atoms with Gasteiger partial charge in [0.15, 0.2) is 0 Å². The third kappa shape index (κ3) is 8.51. The summed E-state index contributed by atoms with van der Waals surface area (Å²) in [5.74, 6) is -3.58. The summed E-state index contributed by atoms with van der Waals surface area (Å²) >= 11 is 8.99. The van der Waals surface area contributed by atoms with Crippen molar-refractivity contribution in [3.8, 4) is 12.1 Å². The highest BCUT2D eigenvalue weighted by Crippen LogP contribution is 2.54. The summed E-state index contributed by atoms with van der Waals surface area (Å²) in [6.45, 7) is 5.58. The van der Waals surface area contributed by atoms with Gasteiger partial charge in [-0.1, -0.05) is 43.6 Å². The highest BCUT2D eigenvalue weighted by atomic mass is 79.9. The molecule has 2 N–H and O–H groups in total. The van der Waals surface area contributed by atoms with Gasteiger partial charge in [-0.3, -0.25) is 9.59 Å². The molecule has 0 aliphatic heterocycles. The zero-order chi connectivity index (χ0) is 38.3. The van der Waals surface area contributed by atoms with E-state index < -0.39 is 62.0 Å². The van der Waals surface area contributed by atoms with Crippen molar-refractivity contribution in [3.05, 3.63) is 127 Å². The Morgan fingerprint density at radius 1 is 0.784 bits per heavy atom. The van der Waals surface area contributed by atoms with E-state index in [4.69, 9.17) is 16.9 Å². The molecule has 264 valence electrons. The number of nitrogens with one attached hydrogen (secondary N) is 2. The Bertz CT molecular complexity index is 2020. The quantitative estimate of drug-likeness (QED) is 0.142. The largest absolute Gasteiger partial charge is 0.442 e. The lowest BCUT2D eigenvalue weighted by Gasteiger charge is -2.37. The van der Waals surface area contributed by atoms with Crippen molar-refractivity contribution in [2.45, 2.75) is 38.7 Å². The van der Waals surface area contributed by atoms with Crippen LogP contribution in [0.15, 0.2) is 83.3 Å². The molecule has 0 saturated heterocycles. The van der Waals surface area contributed by atoms with E-state index in [1.54, 1.807) is 6.92 Å². The highest BCUT2D eigenvalue weighted by molar-refractivity contribution is 9.10. The van der Waals surface area contributed by atoms with E-state index in [0.29, 0.717) is 17.2 Å². The number of nitrogens with zero attached hydrogens (tertiary/aromatic N) is 2. The molecule has 0 heterocycles. The van der Waals surface area contributed by atoms with E-state index in [1.807, 2.05) is 26.0 Å². The third-order valence-electron chi connectivity index (χ3n) is 6.99. The van der Waals surface area contributed by atoms with Gasteiger partial charge in [0.05, 0.1) is 39.2 Å². The van der Waals surface area contributed by atoms with Gasteiger partial charge in [-0.05, 0) is 89.1 Å². The Balaban J connectivity index is 0.00000345. The standard InChI is InChI=1S/C33H18BrClF6N4O4.C2H6/c1-17-11-18(15-42)7-10-23(17)29(47)44-26-12-20(8-9-21(26)16-43)28(46)45-27-24(34)13-22(14-25(27)35)31(32(36,37)38,33(39,40)41)49-30(48)19-5-3-2-4-6-19;1-2/h2-14H,1H3,(H,44,47)(H,45,46);1-2H3. The van der Waals surface area contributed by atoms with E-state index in [2.05, 4.69) is 31.3 Å². The number of ether oxygens (including phenoxy) is 1. The van der Waals surface area contributed by atoms with Gasteiger partial charge >= 0.3 is 23.9 Å². The Morgan fingerprint density at radius 2 is 1.41 bits per heavy atom. The van der Waals surface area contributed by atoms with Gasteiger partial charge in [0.1, 0.15) is 6.07 Å². The van der Waals surface area contributed by atoms with Crippen LogP contribution in [-0.4, -0.2) is 30.1 Å². The number of nitriles is 2. The summed E-state index contributed by atoms with van der Waals surface area (Å²) in [6.07, 6.45) is -12.5. The molecule has 0 fully saturated rings. The predicted octanol–water partition coefficient (Wildman–Crippen LogP) is 9.86. The number of rotatable bonds is 7. The average Bonchev–Trinajstić information content (AvgIpc) is 3.08. The van der Waals surface area contributed by atoms with Gasteiger partial charge in [-0.15, -0.1) is 0 Å². The van der Waals surface area contributed by atoms with Crippen LogP contribution in [0.4, 0.5) is 37.7 Å². The lowest BCUT2D eigenvalue weighted by atomic mass is 9.91. The van der Waals surface area contributed by atoms with Crippen molar-refractivity contribution in [1.29, 1.82) is 10.5 Å². The summed E-state index contributed by atoms with van der Waals surface area (Å²) in [6, 6.07) is 17.9. The molecule has 4 aromatic rings. The highest BCUT2D eigenvalue weighted by Gasteiger charge is 2.75. The lowest BCUT2D eigenvalue weighted by molar-refractivity contribution is -0.373. The SMILES string of the molecule is CC.Cc1cc(C#N)ccc1C(=O)Nc1cc(C(=O)Nc2c(Cl)cc(C(OC(=O)c3ccccc3)(C(F)(F)F)C(F)(F)F)cc2Br)ccc1C#N. The summed E-state index contributed by atoms with van der Waals surface area (Å²) in [7, 11) is 0. The number of hydrogen-bond acceptors (Lipinski definition) is 6. The minimum atomic E-state index is -6.23. The maximum atomic E-state index is 14.4. The monoisotopic (exact) mass is 792 g/mol. The van der Waals surface area contributed by atoms with E-state index >= 15 is 0 Å². The van der Waals surface area contributed by atoms with E-state index in [9.17, 15) is 46.0 Å². The average molecular weight is 794 g/mol. The van der Waals surface area contributed by atoms with Gasteiger partial charge in [-0.2, -0.15) is 36.9 Å². The normalized spacial score (nSPS) is 11.2. The van der Waals surface area contributed by atoms with Crippen LogP contribution in [0.25, 0.3) is 0 Å². The first-order valence-corrected chi connectivity index (χ1v) is 15.7. The molecule has 0 aliphatic rings. The van der Waals surface area contributed by atoms with Crippen LogP contribution in [0.2, 0.25) is 5.02 Å². The summed E-state index contributed by atoms with van der Waals surface area (Å²) < 4.78 is 90.0. The zero-order valence-corrected chi connectivity index (χ0v) is 28.9. The maximum absolute atomic E-state index is 14.4. The number of aryl methyl sites for hydroxylation is 1. The molecule has 0 unspecified atom stereocenters. The van der Waals surface area contributed by atoms with E-state index in [0.717, 1.165) is 18.2 Å². The second-order valence-corrected chi connectivity index (χ2v) is 11.4. The number of halogens is 8. The number of hydrogen-bond donors (Lipinski definition) is 2. The number of esters is 1. The molecule has 0 atom stereocenters. The van der Waals surface area contributed by atoms with Gasteiger partial charge in [0.2, 0.25) is 0 Å². The third-order valence-corrected chi connectivity index (χ3v) is 7.91. The topological polar surface area (TPSA) is 132 Å². The summed E-state index contributed by atoms with van der Waals surface area (Å²) in [5, 5.41) is 22.6. The maximum Gasteiger partial charge on any atom is 0.442 e. The van der Waals surface area contributed by atoms with E-state index in [1.165, 1.54) is 48.5 Å². The molecule has 2 amide bonds. The van der Waals surface area contributed by atoms with Gasteiger partial charge in [0.25, 0.3) is 11.8 Å². The number of anilines is 2. The molecule has 0 aromatic heterocycles. The number of carbonyl (C=O) groups is 3. The molecule has 0 bridgehead atoms. The van der Waals surface area contributed by atoms with Crippen molar-refractivity contribution < 1.29 is 45.5 Å². The lowest BCUT2D eigenvalue weighted by Crippen LogP contribution is -2.57. The van der Waals surface area contributed by atoms with Gasteiger partial charge < -0.3 is 15.4 Å². The van der Waals surface area contributed by atoms with Crippen LogP contribution in [0, 0.1) is 29.6 Å². The smallest absolute Gasteiger partial charge is 0.431 e. The molecule has 0 spiro atoms. The van der Waals surface area contributed by atoms with Crippen molar-refractivity contribution >= 4 is 56.7 Å². The molecule has 16 heteroatoms. The number of benzene rings is 4. The van der Waals surface area contributed by atoms with Crippen molar-refractivity contribution in [2.75, 3.05) is 10.6 Å². The van der Waals surface area contributed by atoms with Gasteiger partial charge in [-0.25, -0.2) is 4.79 Å². The van der Waals surface area contributed by atoms with Gasteiger partial charge in [0, 0.05) is 21.2 Å². The van der Waals surface area contributed by atoms with Crippen LogP contribution in [0.1, 0.15) is 67.2 Å². The Labute approximate surface area is 300 Å².